The lowest BCUT2D eigenvalue weighted by Gasteiger charge is -2.34. The van der Waals surface area contributed by atoms with E-state index in [1.54, 1.807) is 12.1 Å². The molecule has 26 heavy (non-hydrogen) atoms. The Morgan fingerprint density at radius 3 is 2.50 bits per heavy atom. The first-order valence-corrected chi connectivity index (χ1v) is 9.06. The average Bonchev–Trinajstić information content (AvgIpc) is 2.87. The van der Waals surface area contributed by atoms with Crippen molar-refractivity contribution in [2.45, 2.75) is 32.5 Å². The van der Waals surface area contributed by atoms with Crippen LogP contribution in [0.2, 0.25) is 0 Å². The van der Waals surface area contributed by atoms with E-state index in [0.717, 1.165) is 49.3 Å². The van der Waals surface area contributed by atoms with Gasteiger partial charge in [-0.3, -0.25) is 4.90 Å². The van der Waals surface area contributed by atoms with Gasteiger partial charge in [0.25, 0.3) is 0 Å². The fourth-order valence-electron chi connectivity index (χ4n) is 3.73. The first-order chi connectivity index (χ1) is 12.4. The molecule has 2 aromatic carbocycles. The summed E-state index contributed by atoms with van der Waals surface area (Å²) < 4.78 is 41.2. The second-order valence-corrected chi connectivity index (χ2v) is 6.99. The van der Waals surface area contributed by atoms with E-state index in [1.807, 2.05) is 32.0 Å². The summed E-state index contributed by atoms with van der Waals surface area (Å²) in [6.45, 7) is 7.15. The Bertz CT molecular complexity index is 747. The standard InChI is InChI=1S/C21H25F3N2/c1-15-8-9-16(2)18(14-15)20(26-12-5-10-25-11-13-26)17-6-3-4-7-19(17)21(22,23)24/h3-4,6-9,14,20,25H,5,10-13H2,1-2H3. The number of alkyl halides is 3. The maximum atomic E-state index is 13.7. The summed E-state index contributed by atoms with van der Waals surface area (Å²) in [6, 6.07) is 11.7. The number of hydrogen-bond donors (Lipinski definition) is 1. The van der Waals surface area contributed by atoms with Crippen molar-refractivity contribution in [1.82, 2.24) is 10.2 Å². The van der Waals surface area contributed by atoms with E-state index in [1.165, 1.54) is 12.1 Å². The van der Waals surface area contributed by atoms with Gasteiger partial charge in [-0.15, -0.1) is 0 Å². The van der Waals surface area contributed by atoms with Gasteiger partial charge in [0, 0.05) is 19.6 Å². The van der Waals surface area contributed by atoms with Crippen LogP contribution in [0, 0.1) is 13.8 Å². The molecule has 3 rings (SSSR count). The summed E-state index contributed by atoms with van der Waals surface area (Å²) in [7, 11) is 0. The molecule has 0 radical (unpaired) electrons. The summed E-state index contributed by atoms with van der Waals surface area (Å²) in [5.74, 6) is 0. The number of nitrogens with zero attached hydrogens (tertiary/aromatic N) is 1. The maximum absolute atomic E-state index is 13.7. The van der Waals surface area contributed by atoms with Gasteiger partial charge < -0.3 is 5.32 Å². The van der Waals surface area contributed by atoms with Gasteiger partial charge in [0.05, 0.1) is 11.6 Å². The van der Waals surface area contributed by atoms with Crippen LogP contribution in [0.3, 0.4) is 0 Å². The third-order valence-electron chi connectivity index (χ3n) is 5.03. The van der Waals surface area contributed by atoms with Crippen LogP contribution in [0.25, 0.3) is 0 Å². The minimum absolute atomic E-state index is 0.343. The summed E-state index contributed by atoms with van der Waals surface area (Å²) in [5, 5.41) is 3.34. The Balaban J connectivity index is 2.17. The van der Waals surface area contributed by atoms with Gasteiger partial charge in [-0.1, -0.05) is 42.0 Å². The Labute approximate surface area is 153 Å². The molecule has 0 bridgehead atoms. The highest BCUT2D eigenvalue weighted by molar-refractivity contribution is 5.43. The first-order valence-electron chi connectivity index (χ1n) is 9.06. The molecular formula is C21H25F3N2. The molecule has 1 N–H and O–H groups in total. The molecular weight excluding hydrogens is 337 g/mol. The van der Waals surface area contributed by atoms with Gasteiger partial charge in [-0.05, 0) is 49.6 Å². The molecule has 0 aliphatic carbocycles. The molecule has 2 nitrogen and oxygen atoms in total. The van der Waals surface area contributed by atoms with Crippen molar-refractivity contribution in [3.63, 3.8) is 0 Å². The van der Waals surface area contributed by atoms with Crippen LogP contribution in [-0.2, 0) is 6.18 Å². The molecule has 1 fully saturated rings. The van der Waals surface area contributed by atoms with E-state index in [0.29, 0.717) is 5.56 Å². The largest absolute Gasteiger partial charge is 0.416 e. The molecule has 0 spiro atoms. The highest BCUT2D eigenvalue weighted by atomic mass is 19.4. The lowest BCUT2D eigenvalue weighted by atomic mass is 9.89. The van der Waals surface area contributed by atoms with Crippen molar-refractivity contribution >= 4 is 0 Å². The van der Waals surface area contributed by atoms with Crippen LogP contribution >= 0.6 is 0 Å². The molecule has 140 valence electrons. The van der Waals surface area contributed by atoms with Crippen molar-refractivity contribution in [2.75, 3.05) is 26.2 Å². The Kier molecular flexibility index (Phi) is 5.68. The monoisotopic (exact) mass is 362 g/mol. The molecule has 0 aromatic heterocycles. The molecule has 1 saturated heterocycles. The number of halogens is 3. The molecule has 0 saturated carbocycles. The smallest absolute Gasteiger partial charge is 0.315 e. The van der Waals surface area contributed by atoms with E-state index < -0.39 is 17.8 Å². The van der Waals surface area contributed by atoms with Gasteiger partial charge >= 0.3 is 6.18 Å². The molecule has 1 heterocycles. The second kappa shape index (κ2) is 7.80. The SMILES string of the molecule is Cc1ccc(C)c(C(c2ccccc2C(F)(F)F)N2CCCNCC2)c1. The fraction of sp³-hybridized carbons (Fsp3) is 0.429. The van der Waals surface area contributed by atoms with Crippen LogP contribution in [0.4, 0.5) is 13.2 Å². The highest BCUT2D eigenvalue weighted by Gasteiger charge is 2.37. The molecule has 1 aliphatic rings. The summed E-state index contributed by atoms with van der Waals surface area (Å²) in [6.07, 6.45) is -3.44. The quantitative estimate of drug-likeness (QED) is 0.851. The third kappa shape index (κ3) is 4.10. The normalized spacial score (nSPS) is 17.7. The topological polar surface area (TPSA) is 15.3 Å². The highest BCUT2D eigenvalue weighted by Crippen LogP contribution is 2.40. The van der Waals surface area contributed by atoms with E-state index in [4.69, 9.17) is 0 Å². The number of nitrogens with one attached hydrogen (secondary N) is 1. The second-order valence-electron chi connectivity index (χ2n) is 6.99. The Morgan fingerprint density at radius 2 is 1.73 bits per heavy atom. The number of aryl methyl sites for hydroxylation is 2. The molecule has 5 heteroatoms. The molecule has 1 aliphatic heterocycles. The third-order valence-corrected chi connectivity index (χ3v) is 5.03. The van der Waals surface area contributed by atoms with Gasteiger partial charge in [-0.25, -0.2) is 0 Å². The molecule has 1 unspecified atom stereocenters. The predicted octanol–water partition coefficient (Wildman–Crippen LogP) is 4.71. The lowest BCUT2D eigenvalue weighted by Crippen LogP contribution is -2.34. The van der Waals surface area contributed by atoms with Crippen LogP contribution in [0.5, 0.6) is 0 Å². The van der Waals surface area contributed by atoms with Crippen LogP contribution in [0.15, 0.2) is 42.5 Å². The summed E-state index contributed by atoms with van der Waals surface area (Å²) >= 11 is 0. The number of benzene rings is 2. The van der Waals surface area contributed by atoms with E-state index >= 15 is 0 Å². The zero-order valence-electron chi connectivity index (χ0n) is 15.2. The number of rotatable bonds is 3. The number of hydrogen-bond acceptors (Lipinski definition) is 2. The van der Waals surface area contributed by atoms with E-state index in [-0.39, 0.29) is 0 Å². The first kappa shape index (κ1) is 18.9. The summed E-state index contributed by atoms with van der Waals surface area (Å²) in [5.41, 5.74) is 2.85. The lowest BCUT2D eigenvalue weighted by molar-refractivity contribution is -0.138. The predicted molar refractivity (Wildman–Crippen MR) is 98.3 cm³/mol. The van der Waals surface area contributed by atoms with Crippen molar-refractivity contribution in [1.29, 1.82) is 0 Å². The van der Waals surface area contributed by atoms with Gasteiger partial charge in [-0.2, -0.15) is 13.2 Å². The van der Waals surface area contributed by atoms with Gasteiger partial charge in [0.1, 0.15) is 0 Å². The van der Waals surface area contributed by atoms with Gasteiger partial charge in [0.2, 0.25) is 0 Å². The molecule has 1 atom stereocenters. The summed E-state index contributed by atoms with van der Waals surface area (Å²) in [4.78, 5) is 2.19. The minimum atomic E-state index is -4.36. The van der Waals surface area contributed by atoms with E-state index in [2.05, 4.69) is 10.2 Å². The van der Waals surface area contributed by atoms with Crippen molar-refractivity contribution in [3.8, 4) is 0 Å². The van der Waals surface area contributed by atoms with E-state index in [9.17, 15) is 13.2 Å². The minimum Gasteiger partial charge on any atom is -0.315 e. The Morgan fingerprint density at radius 1 is 0.962 bits per heavy atom. The van der Waals surface area contributed by atoms with Gasteiger partial charge in [0.15, 0.2) is 0 Å². The zero-order valence-corrected chi connectivity index (χ0v) is 15.2. The fourth-order valence-corrected chi connectivity index (χ4v) is 3.73. The van der Waals surface area contributed by atoms with Crippen LogP contribution in [0.1, 0.15) is 40.3 Å². The maximum Gasteiger partial charge on any atom is 0.416 e. The van der Waals surface area contributed by atoms with Crippen LogP contribution in [-0.4, -0.2) is 31.1 Å². The van der Waals surface area contributed by atoms with Crippen molar-refractivity contribution in [3.05, 3.63) is 70.3 Å². The zero-order chi connectivity index (χ0) is 18.7. The average molecular weight is 362 g/mol. The van der Waals surface area contributed by atoms with Crippen molar-refractivity contribution < 1.29 is 13.2 Å². The Hall–Kier alpha value is -1.85. The molecule has 0 amide bonds. The molecule has 2 aromatic rings. The van der Waals surface area contributed by atoms with Crippen molar-refractivity contribution in [2.24, 2.45) is 0 Å². The van der Waals surface area contributed by atoms with Crippen LogP contribution < -0.4 is 5.32 Å².